The van der Waals surface area contributed by atoms with E-state index in [0.717, 1.165) is 0 Å². The molecule has 1 heterocycles. The molecule has 0 aliphatic carbocycles. The Morgan fingerprint density at radius 2 is 2.46 bits per heavy atom. The molecule has 0 bridgehead atoms. The summed E-state index contributed by atoms with van der Waals surface area (Å²) >= 11 is 0. The van der Waals surface area contributed by atoms with Gasteiger partial charge in [-0.3, -0.25) is 0 Å². The van der Waals surface area contributed by atoms with E-state index in [1.54, 1.807) is 12.3 Å². The maximum Gasteiger partial charge on any atom is 0.221 e. The first-order valence-electron chi connectivity index (χ1n) is 4.18. The van der Waals surface area contributed by atoms with Gasteiger partial charge in [-0.25, -0.2) is 4.98 Å². The van der Waals surface area contributed by atoms with E-state index in [1.807, 2.05) is 6.92 Å². The second kappa shape index (κ2) is 4.61. The van der Waals surface area contributed by atoms with Crippen molar-refractivity contribution in [2.24, 2.45) is 0 Å². The highest BCUT2D eigenvalue weighted by Crippen LogP contribution is 2.05. The smallest absolute Gasteiger partial charge is 0.221 e. The van der Waals surface area contributed by atoms with Gasteiger partial charge in [0.25, 0.3) is 0 Å². The lowest BCUT2D eigenvalue weighted by Crippen LogP contribution is -2.17. The number of hydrogen-bond acceptors (Lipinski definition) is 5. The molecule has 0 amide bonds. The molecule has 1 aromatic rings. The lowest BCUT2D eigenvalue weighted by atomic mass is 10.2. The fraction of sp³-hybridized carbons (Fsp3) is 0.500. The summed E-state index contributed by atoms with van der Waals surface area (Å²) in [5.74, 6) is 0.939. The number of aliphatic hydroxyl groups is 1. The molecule has 1 aromatic heterocycles. The second-order valence-electron chi connectivity index (χ2n) is 2.86. The van der Waals surface area contributed by atoms with E-state index in [2.05, 4.69) is 15.3 Å². The molecule has 1 atom stereocenters. The van der Waals surface area contributed by atoms with E-state index in [0.29, 0.717) is 12.2 Å². The zero-order valence-electron chi connectivity index (χ0n) is 7.57. The van der Waals surface area contributed by atoms with E-state index in [4.69, 9.17) is 10.8 Å². The Balaban J connectivity index is 2.53. The molecule has 0 spiro atoms. The highest BCUT2D eigenvalue weighted by Gasteiger charge is 2.01. The van der Waals surface area contributed by atoms with Crippen molar-refractivity contribution in [1.82, 2.24) is 9.97 Å². The lowest BCUT2D eigenvalue weighted by molar-refractivity contribution is 0.282. The molecular weight excluding hydrogens is 168 g/mol. The first-order valence-corrected chi connectivity index (χ1v) is 4.18. The number of hydrogen-bond donors (Lipinski definition) is 3. The molecule has 13 heavy (non-hydrogen) atoms. The van der Waals surface area contributed by atoms with Crippen LogP contribution in [0.25, 0.3) is 0 Å². The molecule has 1 rings (SSSR count). The van der Waals surface area contributed by atoms with Gasteiger partial charge >= 0.3 is 0 Å². The van der Waals surface area contributed by atoms with E-state index in [9.17, 15) is 0 Å². The lowest BCUT2D eigenvalue weighted by Gasteiger charge is -2.12. The van der Waals surface area contributed by atoms with E-state index in [-0.39, 0.29) is 18.6 Å². The van der Waals surface area contributed by atoms with Gasteiger partial charge in [0.1, 0.15) is 5.82 Å². The summed E-state index contributed by atoms with van der Waals surface area (Å²) in [4.78, 5) is 7.74. The van der Waals surface area contributed by atoms with Crippen molar-refractivity contribution >= 4 is 11.8 Å². The molecule has 5 heteroatoms. The van der Waals surface area contributed by atoms with Crippen LogP contribution in [0.2, 0.25) is 0 Å². The third kappa shape index (κ3) is 3.25. The van der Waals surface area contributed by atoms with Crippen LogP contribution in [0.4, 0.5) is 11.8 Å². The van der Waals surface area contributed by atoms with Crippen molar-refractivity contribution in [2.45, 2.75) is 19.4 Å². The highest BCUT2D eigenvalue weighted by atomic mass is 16.3. The van der Waals surface area contributed by atoms with Crippen molar-refractivity contribution in [2.75, 3.05) is 17.7 Å². The Kier molecular flexibility index (Phi) is 3.45. The first kappa shape index (κ1) is 9.73. The third-order valence-corrected chi connectivity index (χ3v) is 1.63. The molecule has 4 N–H and O–H groups in total. The summed E-state index contributed by atoms with van der Waals surface area (Å²) < 4.78 is 0. The Hall–Kier alpha value is -1.36. The predicted octanol–water partition coefficient (Wildman–Crippen LogP) is 0.242. The van der Waals surface area contributed by atoms with Crippen molar-refractivity contribution in [3.05, 3.63) is 12.3 Å². The number of nitrogen functional groups attached to an aromatic ring is 1. The zero-order chi connectivity index (χ0) is 9.68. The van der Waals surface area contributed by atoms with Gasteiger partial charge in [0.2, 0.25) is 5.95 Å². The van der Waals surface area contributed by atoms with Gasteiger partial charge in [-0.1, -0.05) is 0 Å². The summed E-state index contributed by atoms with van der Waals surface area (Å²) in [6, 6.07) is 1.92. The van der Waals surface area contributed by atoms with Crippen LogP contribution in [0.5, 0.6) is 0 Å². The van der Waals surface area contributed by atoms with E-state index in [1.165, 1.54) is 0 Å². The van der Waals surface area contributed by atoms with Crippen LogP contribution in [0.1, 0.15) is 13.3 Å². The van der Waals surface area contributed by atoms with Crippen LogP contribution in [-0.2, 0) is 0 Å². The summed E-state index contributed by atoms with van der Waals surface area (Å²) in [6.07, 6.45) is 2.28. The average Bonchev–Trinajstić information content (AvgIpc) is 2.04. The number of nitrogens with zero attached hydrogens (tertiary/aromatic N) is 2. The minimum atomic E-state index is 0.161. The Morgan fingerprint density at radius 1 is 1.69 bits per heavy atom. The predicted molar refractivity (Wildman–Crippen MR) is 51.2 cm³/mol. The quantitative estimate of drug-likeness (QED) is 0.621. The fourth-order valence-corrected chi connectivity index (χ4v) is 0.972. The minimum Gasteiger partial charge on any atom is -0.396 e. The van der Waals surface area contributed by atoms with Crippen molar-refractivity contribution in [1.29, 1.82) is 0 Å². The summed E-state index contributed by atoms with van der Waals surface area (Å²) in [5.41, 5.74) is 5.40. The molecule has 0 saturated carbocycles. The van der Waals surface area contributed by atoms with Crippen LogP contribution in [0.3, 0.4) is 0 Å². The fourth-order valence-electron chi connectivity index (χ4n) is 0.972. The number of nitrogens with one attached hydrogen (secondary N) is 1. The van der Waals surface area contributed by atoms with E-state index < -0.39 is 0 Å². The zero-order valence-corrected chi connectivity index (χ0v) is 7.57. The number of aromatic nitrogens is 2. The minimum absolute atomic E-state index is 0.161. The number of anilines is 2. The van der Waals surface area contributed by atoms with Gasteiger partial charge < -0.3 is 16.2 Å². The van der Waals surface area contributed by atoms with Crippen molar-refractivity contribution in [3.63, 3.8) is 0 Å². The van der Waals surface area contributed by atoms with Gasteiger partial charge in [-0.2, -0.15) is 4.98 Å². The van der Waals surface area contributed by atoms with Gasteiger partial charge in [-0.15, -0.1) is 0 Å². The van der Waals surface area contributed by atoms with Crippen LogP contribution in [-0.4, -0.2) is 27.7 Å². The number of rotatable bonds is 4. The van der Waals surface area contributed by atoms with Crippen LogP contribution in [0, 0.1) is 0 Å². The molecule has 1 unspecified atom stereocenters. The molecule has 0 aliphatic rings. The Morgan fingerprint density at radius 3 is 3.08 bits per heavy atom. The third-order valence-electron chi connectivity index (χ3n) is 1.63. The van der Waals surface area contributed by atoms with Crippen molar-refractivity contribution in [3.8, 4) is 0 Å². The average molecular weight is 182 g/mol. The van der Waals surface area contributed by atoms with Gasteiger partial charge in [0.15, 0.2) is 0 Å². The van der Waals surface area contributed by atoms with Crippen LogP contribution in [0.15, 0.2) is 12.3 Å². The van der Waals surface area contributed by atoms with Gasteiger partial charge in [-0.05, 0) is 19.4 Å². The molecule has 0 radical (unpaired) electrons. The molecule has 5 nitrogen and oxygen atoms in total. The highest BCUT2D eigenvalue weighted by molar-refractivity contribution is 5.37. The SMILES string of the molecule is CC(CCO)Nc1ccnc(N)n1. The first-order chi connectivity index (χ1) is 6.22. The Bertz CT molecular complexity index is 266. The molecular formula is C8H14N4O. The van der Waals surface area contributed by atoms with Gasteiger partial charge in [0, 0.05) is 18.8 Å². The maximum absolute atomic E-state index is 8.67. The number of nitrogens with two attached hydrogens (primary N) is 1. The molecule has 0 aromatic carbocycles. The van der Waals surface area contributed by atoms with Crippen LogP contribution >= 0.6 is 0 Å². The van der Waals surface area contributed by atoms with Gasteiger partial charge in [0.05, 0.1) is 0 Å². The molecule has 0 fully saturated rings. The number of aliphatic hydroxyl groups excluding tert-OH is 1. The normalized spacial score (nSPS) is 12.5. The summed E-state index contributed by atoms with van der Waals surface area (Å²) in [7, 11) is 0. The Labute approximate surface area is 77.0 Å². The van der Waals surface area contributed by atoms with Crippen LogP contribution < -0.4 is 11.1 Å². The largest absolute Gasteiger partial charge is 0.396 e. The molecule has 0 aliphatic heterocycles. The second-order valence-corrected chi connectivity index (χ2v) is 2.86. The monoisotopic (exact) mass is 182 g/mol. The maximum atomic E-state index is 8.67. The molecule has 72 valence electrons. The topological polar surface area (TPSA) is 84.1 Å². The standard InChI is InChI=1S/C8H14N4O/c1-6(3-5-13)11-7-2-4-10-8(9)12-7/h2,4,6,13H,3,5H2,1H3,(H3,9,10,11,12). The summed E-state index contributed by atoms with van der Waals surface area (Å²) in [6.45, 7) is 2.13. The molecule has 0 saturated heterocycles. The van der Waals surface area contributed by atoms with Crippen molar-refractivity contribution < 1.29 is 5.11 Å². The summed E-state index contributed by atoms with van der Waals surface area (Å²) in [5, 5.41) is 11.8. The van der Waals surface area contributed by atoms with E-state index >= 15 is 0 Å².